The zero-order valence-electron chi connectivity index (χ0n) is 14.0. The Balaban J connectivity index is 1.45. The van der Waals surface area contributed by atoms with Gasteiger partial charge in [-0.1, -0.05) is 31.4 Å². The fraction of sp³-hybridized carbons (Fsp3) is 0.368. The maximum Gasteiger partial charge on any atom is 0.277 e. The van der Waals surface area contributed by atoms with Gasteiger partial charge in [0.15, 0.2) is 6.61 Å². The Labute approximate surface area is 161 Å². The van der Waals surface area contributed by atoms with Crippen LogP contribution in [0, 0.1) is 3.57 Å². The van der Waals surface area contributed by atoms with Gasteiger partial charge in [0.1, 0.15) is 5.75 Å². The molecular weight excluding hydrogens is 429 g/mol. The highest BCUT2D eigenvalue weighted by Crippen LogP contribution is 2.28. The number of amides is 1. The second-order valence-corrected chi connectivity index (χ2v) is 7.36. The molecule has 1 amide bonds. The molecule has 0 aliphatic heterocycles. The maximum atomic E-state index is 11.8. The summed E-state index contributed by atoms with van der Waals surface area (Å²) in [5, 5.41) is 4.01. The SMILES string of the molecule is O=C(COc1ccccc1I)N/N=C/c1ccn(C2CCCCC2)c1. The second kappa shape index (κ2) is 9.03. The Morgan fingerprint density at radius 3 is 2.88 bits per heavy atom. The van der Waals surface area contributed by atoms with Gasteiger partial charge in [-0.3, -0.25) is 4.79 Å². The van der Waals surface area contributed by atoms with E-state index in [4.69, 9.17) is 4.74 Å². The van der Waals surface area contributed by atoms with Crippen molar-refractivity contribution in [1.82, 2.24) is 9.99 Å². The van der Waals surface area contributed by atoms with Gasteiger partial charge in [-0.2, -0.15) is 5.10 Å². The molecule has 0 atom stereocenters. The lowest BCUT2D eigenvalue weighted by atomic mass is 9.95. The van der Waals surface area contributed by atoms with Crippen LogP contribution in [0.15, 0.2) is 47.8 Å². The minimum absolute atomic E-state index is 0.0551. The Hall–Kier alpha value is -1.83. The third-order valence-corrected chi connectivity index (χ3v) is 5.22. The molecule has 1 fully saturated rings. The van der Waals surface area contributed by atoms with Gasteiger partial charge < -0.3 is 9.30 Å². The van der Waals surface area contributed by atoms with Crippen LogP contribution >= 0.6 is 22.6 Å². The van der Waals surface area contributed by atoms with Gasteiger partial charge in [-0.05, 0) is 53.6 Å². The van der Waals surface area contributed by atoms with Gasteiger partial charge >= 0.3 is 0 Å². The number of halogens is 1. The van der Waals surface area contributed by atoms with Crippen molar-refractivity contribution in [2.75, 3.05) is 6.61 Å². The van der Waals surface area contributed by atoms with E-state index < -0.39 is 0 Å². The zero-order valence-corrected chi connectivity index (χ0v) is 16.2. The number of hydrogen-bond acceptors (Lipinski definition) is 3. The average Bonchev–Trinajstić information content (AvgIpc) is 3.11. The summed E-state index contributed by atoms with van der Waals surface area (Å²) >= 11 is 2.18. The summed E-state index contributed by atoms with van der Waals surface area (Å²) in [5.74, 6) is 0.425. The van der Waals surface area contributed by atoms with Crippen molar-refractivity contribution < 1.29 is 9.53 Å². The van der Waals surface area contributed by atoms with Crippen LogP contribution in [0.1, 0.15) is 43.7 Å². The number of hydrogen-bond donors (Lipinski definition) is 1. The van der Waals surface area contributed by atoms with E-state index in [2.05, 4.69) is 50.1 Å². The maximum absolute atomic E-state index is 11.8. The number of hydrazone groups is 1. The smallest absolute Gasteiger partial charge is 0.277 e. The van der Waals surface area contributed by atoms with Crippen molar-refractivity contribution in [2.24, 2.45) is 5.10 Å². The highest BCUT2D eigenvalue weighted by molar-refractivity contribution is 14.1. The molecular formula is C19H22IN3O2. The molecule has 1 aliphatic carbocycles. The van der Waals surface area contributed by atoms with Crippen LogP contribution in [-0.4, -0.2) is 23.3 Å². The van der Waals surface area contributed by atoms with E-state index in [1.165, 1.54) is 32.1 Å². The number of nitrogens with one attached hydrogen (secondary N) is 1. The normalized spacial score (nSPS) is 15.4. The summed E-state index contributed by atoms with van der Waals surface area (Å²) in [4.78, 5) is 11.8. The summed E-state index contributed by atoms with van der Waals surface area (Å²) in [5.41, 5.74) is 3.49. The first-order valence-electron chi connectivity index (χ1n) is 8.59. The van der Waals surface area contributed by atoms with Crippen molar-refractivity contribution in [1.29, 1.82) is 0 Å². The lowest BCUT2D eigenvalue weighted by Gasteiger charge is -2.23. The largest absolute Gasteiger partial charge is 0.483 e. The van der Waals surface area contributed by atoms with E-state index in [-0.39, 0.29) is 12.5 Å². The number of nitrogens with zero attached hydrogens (tertiary/aromatic N) is 2. The molecule has 0 unspecified atom stereocenters. The lowest BCUT2D eigenvalue weighted by Crippen LogP contribution is -2.24. The molecule has 0 saturated heterocycles. The van der Waals surface area contributed by atoms with E-state index in [0.717, 1.165) is 9.13 Å². The van der Waals surface area contributed by atoms with E-state index >= 15 is 0 Å². The summed E-state index contributed by atoms with van der Waals surface area (Å²) in [6.45, 7) is -0.0551. The molecule has 1 aromatic carbocycles. The molecule has 6 heteroatoms. The molecule has 25 heavy (non-hydrogen) atoms. The molecule has 132 valence electrons. The molecule has 0 bridgehead atoms. The standard InChI is InChI=1S/C19H22IN3O2/c20-17-8-4-5-9-18(17)25-14-19(24)22-21-12-15-10-11-23(13-15)16-6-2-1-3-7-16/h4-5,8-13,16H,1-3,6-7,14H2,(H,22,24)/b21-12+. The fourth-order valence-corrected chi connectivity index (χ4v) is 3.57. The third kappa shape index (κ3) is 5.32. The molecule has 0 spiro atoms. The molecule has 5 nitrogen and oxygen atoms in total. The van der Waals surface area contributed by atoms with Crippen molar-refractivity contribution >= 4 is 34.7 Å². The van der Waals surface area contributed by atoms with Crippen LogP contribution in [0.2, 0.25) is 0 Å². The van der Waals surface area contributed by atoms with Gasteiger partial charge in [0.05, 0.1) is 9.78 Å². The van der Waals surface area contributed by atoms with Gasteiger partial charge in [-0.25, -0.2) is 5.43 Å². The average molecular weight is 451 g/mol. The van der Waals surface area contributed by atoms with Crippen LogP contribution in [0.5, 0.6) is 5.75 Å². The number of rotatable bonds is 6. The minimum Gasteiger partial charge on any atom is -0.483 e. The Morgan fingerprint density at radius 2 is 2.08 bits per heavy atom. The van der Waals surface area contributed by atoms with Crippen LogP contribution in [0.3, 0.4) is 0 Å². The molecule has 1 saturated carbocycles. The number of para-hydroxylation sites is 1. The Kier molecular flexibility index (Phi) is 6.49. The predicted molar refractivity (Wildman–Crippen MR) is 107 cm³/mol. The molecule has 1 aliphatic rings. The van der Waals surface area contributed by atoms with Crippen molar-refractivity contribution in [3.05, 3.63) is 51.9 Å². The second-order valence-electron chi connectivity index (χ2n) is 6.20. The highest BCUT2D eigenvalue weighted by atomic mass is 127. The Bertz CT molecular complexity index is 736. The molecule has 1 aromatic heterocycles. The lowest BCUT2D eigenvalue weighted by molar-refractivity contribution is -0.123. The summed E-state index contributed by atoms with van der Waals surface area (Å²) in [6.07, 6.45) is 12.3. The number of aromatic nitrogens is 1. The highest BCUT2D eigenvalue weighted by Gasteiger charge is 2.14. The van der Waals surface area contributed by atoms with Crippen LogP contribution in [0.25, 0.3) is 0 Å². The van der Waals surface area contributed by atoms with Gasteiger partial charge in [0.2, 0.25) is 0 Å². The molecule has 1 heterocycles. The molecule has 1 N–H and O–H groups in total. The first kappa shape index (κ1) is 18.0. The Morgan fingerprint density at radius 1 is 1.28 bits per heavy atom. The summed E-state index contributed by atoms with van der Waals surface area (Å²) in [6, 6.07) is 10.2. The third-order valence-electron chi connectivity index (χ3n) is 4.33. The van der Waals surface area contributed by atoms with E-state index in [1.807, 2.05) is 30.3 Å². The topological polar surface area (TPSA) is 55.6 Å². The van der Waals surface area contributed by atoms with Crippen molar-refractivity contribution in [3.63, 3.8) is 0 Å². The number of carbonyl (C=O) groups excluding carboxylic acids is 1. The van der Waals surface area contributed by atoms with Gasteiger partial charge in [0.25, 0.3) is 5.91 Å². The molecule has 3 rings (SSSR count). The van der Waals surface area contributed by atoms with Crippen molar-refractivity contribution in [2.45, 2.75) is 38.1 Å². The number of ether oxygens (including phenoxy) is 1. The predicted octanol–water partition coefficient (Wildman–Crippen LogP) is 4.13. The van der Waals surface area contributed by atoms with Crippen molar-refractivity contribution in [3.8, 4) is 5.75 Å². The van der Waals surface area contributed by atoms with Crippen LogP contribution in [-0.2, 0) is 4.79 Å². The summed E-state index contributed by atoms with van der Waals surface area (Å²) < 4.78 is 8.73. The first-order chi connectivity index (χ1) is 12.2. The van der Waals surface area contributed by atoms with E-state index in [0.29, 0.717) is 11.8 Å². The van der Waals surface area contributed by atoms with E-state index in [9.17, 15) is 4.79 Å². The monoisotopic (exact) mass is 451 g/mol. The van der Waals surface area contributed by atoms with Gasteiger partial charge in [0, 0.05) is 24.0 Å². The number of benzene rings is 1. The fourth-order valence-electron chi connectivity index (χ4n) is 3.03. The van der Waals surface area contributed by atoms with Gasteiger partial charge in [-0.15, -0.1) is 0 Å². The van der Waals surface area contributed by atoms with Crippen LogP contribution < -0.4 is 10.2 Å². The first-order valence-corrected chi connectivity index (χ1v) is 9.67. The molecule has 0 radical (unpaired) electrons. The summed E-state index contributed by atoms with van der Waals surface area (Å²) in [7, 11) is 0. The van der Waals surface area contributed by atoms with Crippen LogP contribution in [0.4, 0.5) is 0 Å². The zero-order chi connectivity index (χ0) is 17.5. The minimum atomic E-state index is -0.275. The molecule has 2 aromatic rings. The van der Waals surface area contributed by atoms with E-state index in [1.54, 1.807) is 6.21 Å². The quantitative estimate of drug-likeness (QED) is 0.408. The number of carbonyl (C=O) groups is 1.